The molecule has 0 amide bonds. The van der Waals surface area contributed by atoms with Gasteiger partial charge in [-0.25, -0.2) is 0 Å². The minimum absolute atomic E-state index is 0.149. The van der Waals surface area contributed by atoms with Gasteiger partial charge >= 0.3 is 0 Å². The smallest absolute Gasteiger partial charge is 0.188 e. The molecular weight excluding hydrogens is 304 g/mol. The molecule has 0 N–H and O–H groups in total. The van der Waals surface area contributed by atoms with Crippen molar-refractivity contribution >= 4 is 21.7 Å². The number of hydrogen-bond acceptors (Lipinski definition) is 2. The molecular formula is C15H23BrN2O. The second-order valence-electron chi connectivity index (χ2n) is 6.07. The van der Waals surface area contributed by atoms with Crippen molar-refractivity contribution in [3.8, 4) is 0 Å². The number of aromatic nitrogens is 2. The third kappa shape index (κ3) is 2.78. The van der Waals surface area contributed by atoms with Crippen molar-refractivity contribution in [3.63, 3.8) is 0 Å². The maximum atomic E-state index is 13.1. The monoisotopic (exact) mass is 326 g/mol. The third-order valence-corrected chi connectivity index (χ3v) is 4.73. The summed E-state index contributed by atoms with van der Waals surface area (Å²) in [4.78, 5) is 13.1. The van der Waals surface area contributed by atoms with Gasteiger partial charge in [-0.3, -0.25) is 9.48 Å². The van der Waals surface area contributed by atoms with E-state index in [4.69, 9.17) is 0 Å². The van der Waals surface area contributed by atoms with E-state index in [0.29, 0.717) is 11.7 Å². The van der Waals surface area contributed by atoms with Crippen LogP contribution < -0.4 is 0 Å². The standard InChI is InChI=1S/C15H23BrN2O/c1-4-18-13(12(16)10-17-18)14(19)15(9-11(2)3)7-5-6-8-15/h10-11H,4-9H2,1-3H3. The van der Waals surface area contributed by atoms with Crippen LogP contribution in [0.25, 0.3) is 0 Å². The zero-order valence-electron chi connectivity index (χ0n) is 12.1. The Bertz CT molecular complexity index is 459. The van der Waals surface area contributed by atoms with Gasteiger partial charge < -0.3 is 0 Å². The summed E-state index contributed by atoms with van der Waals surface area (Å²) in [5.74, 6) is 0.851. The number of aryl methyl sites for hydroxylation is 1. The summed E-state index contributed by atoms with van der Waals surface area (Å²) in [6.07, 6.45) is 7.16. The molecule has 0 radical (unpaired) electrons. The summed E-state index contributed by atoms with van der Waals surface area (Å²) in [6.45, 7) is 7.18. The van der Waals surface area contributed by atoms with Crippen molar-refractivity contribution in [1.82, 2.24) is 9.78 Å². The highest BCUT2D eigenvalue weighted by molar-refractivity contribution is 9.10. The highest BCUT2D eigenvalue weighted by Crippen LogP contribution is 2.46. The first-order valence-electron chi connectivity index (χ1n) is 7.26. The van der Waals surface area contributed by atoms with Crippen LogP contribution in [0, 0.1) is 11.3 Å². The summed E-state index contributed by atoms with van der Waals surface area (Å²) in [6, 6.07) is 0. The van der Waals surface area contributed by atoms with E-state index in [1.807, 2.05) is 11.6 Å². The number of hydrogen-bond donors (Lipinski definition) is 0. The molecule has 0 atom stereocenters. The van der Waals surface area contributed by atoms with Gasteiger partial charge in [0.25, 0.3) is 0 Å². The van der Waals surface area contributed by atoms with Crippen molar-refractivity contribution < 1.29 is 4.79 Å². The zero-order chi connectivity index (χ0) is 14.0. The van der Waals surface area contributed by atoms with Gasteiger partial charge in [-0.2, -0.15) is 5.10 Å². The minimum atomic E-state index is -0.149. The maximum Gasteiger partial charge on any atom is 0.188 e. The van der Waals surface area contributed by atoms with E-state index in [2.05, 4.69) is 34.9 Å². The average molecular weight is 327 g/mol. The average Bonchev–Trinajstić information content (AvgIpc) is 2.95. The van der Waals surface area contributed by atoms with Gasteiger partial charge in [0.2, 0.25) is 0 Å². The van der Waals surface area contributed by atoms with Crippen LogP contribution >= 0.6 is 15.9 Å². The Morgan fingerprint density at radius 3 is 2.63 bits per heavy atom. The zero-order valence-corrected chi connectivity index (χ0v) is 13.7. The molecule has 0 unspecified atom stereocenters. The number of carbonyl (C=O) groups is 1. The van der Waals surface area contributed by atoms with Crippen molar-refractivity contribution in [2.75, 3.05) is 0 Å². The summed E-state index contributed by atoms with van der Waals surface area (Å²) in [5.41, 5.74) is 0.619. The lowest BCUT2D eigenvalue weighted by molar-refractivity contribution is 0.0747. The molecule has 2 rings (SSSR count). The highest BCUT2D eigenvalue weighted by atomic mass is 79.9. The number of Topliss-reactive ketones (excluding diaryl/α,β-unsaturated/α-hetero) is 1. The SMILES string of the molecule is CCn1ncc(Br)c1C(=O)C1(CC(C)C)CCCC1. The van der Waals surface area contributed by atoms with Crippen LogP contribution in [0.4, 0.5) is 0 Å². The van der Waals surface area contributed by atoms with Crippen LogP contribution in [0.15, 0.2) is 10.7 Å². The lowest BCUT2D eigenvalue weighted by atomic mass is 9.74. The number of ketones is 1. The fourth-order valence-corrected chi connectivity index (χ4v) is 3.91. The molecule has 1 aromatic heterocycles. The molecule has 1 aromatic rings. The Morgan fingerprint density at radius 2 is 2.11 bits per heavy atom. The molecule has 1 saturated carbocycles. The van der Waals surface area contributed by atoms with E-state index < -0.39 is 0 Å². The lowest BCUT2D eigenvalue weighted by Crippen LogP contribution is -2.32. The van der Waals surface area contributed by atoms with Crippen LogP contribution in [0.5, 0.6) is 0 Å². The largest absolute Gasteiger partial charge is 0.292 e. The fraction of sp³-hybridized carbons (Fsp3) is 0.733. The molecule has 106 valence electrons. The molecule has 1 aliphatic carbocycles. The Kier molecular flexibility index (Phi) is 4.49. The van der Waals surface area contributed by atoms with E-state index in [1.54, 1.807) is 6.20 Å². The molecule has 3 nitrogen and oxygen atoms in total. The first-order valence-corrected chi connectivity index (χ1v) is 8.05. The molecule has 0 bridgehead atoms. The quantitative estimate of drug-likeness (QED) is 0.749. The first-order chi connectivity index (χ1) is 9.00. The van der Waals surface area contributed by atoms with Crippen LogP contribution in [0.2, 0.25) is 0 Å². The molecule has 19 heavy (non-hydrogen) atoms. The number of nitrogens with zero attached hydrogens (tertiary/aromatic N) is 2. The van der Waals surface area contributed by atoms with Gasteiger partial charge in [0.05, 0.1) is 10.7 Å². The van der Waals surface area contributed by atoms with Crippen LogP contribution in [0.3, 0.4) is 0 Å². The van der Waals surface area contributed by atoms with Crippen molar-refractivity contribution in [1.29, 1.82) is 0 Å². The Labute approximate surface area is 123 Å². The van der Waals surface area contributed by atoms with E-state index >= 15 is 0 Å². The third-order valence-electron chi connectivity index (χ3n) is 4.15. The van der Waals surface area contributed by atoms with Gasteiger partial charge in [0, 0.05) is 12.0 Å². The molecule has 0 spiro atoms. The predicted molar refractivity (Wildman–Crippen MR) is 80.3 cm³/mol. The number of carbonyl (C=O) groups excluding carboxylic acids is 1. The van der Waals surface area contributed by atoms with Crippen LogP contribution in [-0.2, 0) is 6.54 Å². The van der Waals surface area contributed by atoms with Gasteiger partial charge in [0.1, 0.15) is 5.69 Å². The first kappa shape index (κ1) is 14.8. The second-order valence-corrected chi connectivity index (χ2v) is 6.93. The Morgan fingerprint density at radius 1 is 1.47 bits per heavy atom. The number of halogens is 1. The van der Waals surface area contributed by atoms with E-state index in [0.717, 1.165) is 36.0 Å². The molecule has 4 heteroatoms. The molecule has 1 fully saturated rings. The minimum Gasteiger partial charge on any atom is -0.292 e. The van der Waals surface area contributed by atoms with Gasteiger partial charge in [-0.15, -0.1) is 0 Å². The molecule has 0 aromatic carbocycles. The van der Waals surface area contributed by atoms with Crippen LogP contribution in [-0.4, -0.2) is 15.6 Å². The van der Waals surface area contributed by atoms with Gasteiger partial charge in [-0.05, 0) is 48.0 Å². The van der Waals surface area contributed by atoms with Crippen LogP contribution in [0.1, 0.15) is 63.4 Å². The van der Waals surface area contributed by atoms with Crippen molar-refractivity contribution in [3.05, 3.63) is 16.4 Å². The second kappa shape index (κ2) is 5.78. The highest BCUT2D eigenvalue weighted by Gasteiger charge is 2.43. The topological polar surface area (TPSA) is 34.9 Å². The molecule has 0 saturated heterocycles. The van der Waals surface area contributed by atoms with Crippen molar-refractivity contribution in [2.24, 2.45) is 11.3 Å². The van der Waals surface area contributed by atoms with E-state index in [-0.39, 0.29) is 5.41 Å². The predicted octanol–water partition coefficient (Wildman–Crippen LogP) is 4.45. The Hall–Kier alpha value is -0.640. The number of rotatable bonds is 5. The maximum absolute atomic E-state index is 13.1. The summed E-state index contributed by atoms with van der Waals surface area (Å²) < 4.78 is 2.67. The molecule has 1 aliphatic rings. The van der Waals surface area contributed by atoms with Gasteiger partial charge in [-0.1, -0.05) is 26.7 Å². The van der Waals surface area contributed by atoms with E-state index in [9.17, 15) is 4.79 Å². The van der Waals surface area contributed by atoms with E-state index in [1.165, 1.54) is 12.8 Å². The normalized spacial score (nSPS) is 18.2. The Balaban J connectivity index is 2.37. The van der Waals surface area contributed by atoms with Crippen molar-refractivity contribution in [2.45, 2.75) is 59.4 Å². The lowest BCUT2D eigenvalue weighted by Gasteiger charge is -2.29. The molecule has 0 aliphatic heterocycles. The molecule has 1 heterocycles. The summed E-state index contributed by atoms with van der Waals surface area (Å²) in [7, 11) is 0. The fourth-order valence-electron chi connectivity index (χ4n) is 3.44. The summed E-state index contributed by atoms with van der Waals surface area (Å²) >= 11 is 3.49. The summed E-state index contributed by atoms with van der Waals surface area (Å²) in [5, 5.41) is 4.29. The van der Waals surface area contributed by atoms with Gasteiger partial charge in [0.15, 0.2) is 5.78 Å².